The van der Waals surface area contributed by atoms with Crippen molar-refractivity contribution in [3.05, 3.63) is 66.0 Å². The number of hydrogen-bond acceptors (Lipinski definition) is 4. The van der Waals surface area contributed by atoms with Gasteiger partial charge in [0.2, 0.25) is 0 Å². The number of pyridine rings is 1. The van der Waals surface area contributed by atoms with Gasteiger partial charge in [0.05, 0.1) is 12.3 Å². The first kappa shape index (κ1) is 15.0. The summed E-state index contributed by atoms with van der Waals surface area (Å²) in [6, 6.07) is 16.5. The van der Waals surface area contributed by atoms with Crippen LogP contribution in [0.4, 0.5) is 0 Å². The molecule has 5 nitrogen and oxygen atoms in total. The normalized spacial score (nSPS) is 10.7. The minimum absolute atomic E-state index is 0.00118. The molecule has 2 aromatic carbocycles. The van der Waals surface area contributed by atoms with E-state index in [4.69, 9.17) is 14.6 Å². The Morgan fingerprint density at radius 3 is 2.57 bits per heavy atom. The lowest BCUT2D eigenvalue weighted by Crippen LogP contribution is -2.04. The van der Waals surface area contributed by atoms with E-state index in [1.54, 1.807) is 19.2 Å². The van der Waals surface area contributed by atoms with Gasteiger partial charge in [0.25, 0.3) is 0 Å². The first-order chi connectivity index (χ1) is 11.2. The van der Waals surface area contributed by atoms with Crippen molar-refractivity contribution in [1.29, 1.82) is 0 Å². The van der Waals surface area contributed by atoms with Crippen LogP contribution in [0.5, 0.6) is 11.5 Å². The number of fused-ring (bicyclic) bond motifs is 1. The highest BCUT2D eigenvalue weighted by molar-refractivity contribution is 5.93. The highest BCUT2D eigenvalue weighted by Crippen LogP contribution is 2.28. The van der Waals surface area contributed by atoms with Crippen LogP contribution < -0.4 is 4.74 Å². The van der Waals surface area contributed by atoms with Crippen molar-refractivity contribution in [3.8, 4) is 11.5 Å². The molecular formula is C18H15NO4. The van der Waals surface area contributed by atoms with Crippen molar-refractivity contribution in [2.24, 2.45) is 0 Å². The molecule has 3 rings (SSSR count). The molecular weight excluding hydrogens is 294 g/mol. The van der Waals surface area contributed by atoms with Crippen LogP contribution in [0.2, 0.25) is 0 Å². The number of aromatic carboxylic acids is 1. The lowest BCUT2D eigenvalue weighted by atomic mass is 10.1. The van der Waals surface area contributed by atoms with Gasteiger partial charge in [0.1, 0.15) is 17.2 Å². The van der Waals surface area contributed by atoms with Crippen LogP contribution in [0.1, 0.15) is 16.2 Å². The van der Waals surface area contributed by atoms with Gasteiger partial charge in [-0.25, -0.2) is 9.78 Å². The van der Waals surface area contributed by atoms with Crippen LogP contribution in [-0.2, 0) is 11.3 Å². The highest BCUT2D eigenvalue weighted by Gasteiger charge is 2.12. The van der Waals surface area contributed by atoms with E-state index in [1.807, 2.05) is 42.5 Å². The summed E-state index contributed by atoms with van der Waals surface area (Å²) in [5.41, 5.74) is 0.571. The summed E-state index contributed by atoms with van der Waals surface area (Å²) in [7, 11) is 1.55. The molecule has 0 amide bonds. The SMILES string of the molecule is COCc1nc(C(=O)O)cc2ccc(Oc3ccccc3)cc12. The van der Waals surface area contributed by atoms with Crippen LogP contribution in [0.15, 0.2) is 54.6 Å². The molecule has 1 heterocycles. The maximum atomic E-state index is 11.2. The molecule has 0 saturated heterocycles. The van der Waals surface area contributed by atoms with Gasteiger partial charge in [0.15, 0.2) is 0 Å². The summed E-state index contributed by atoms with van der Waals surface area (Å²) in [6.07, 6.45) is 0. The topological polar surface area (TPSA) is 68.7 Å². The van der Waals surface area contributed by atoms with Crippen molar-refractivity contribution >= 4 is 16.7 Å². The summed E-state index contributed by atoms with van der Waals surface area (Å²) in [5.74, 6) is 0.329. The first-order valence-electron chi connectivity index (χ1n) is 7.06. The summed E-state index contributed by atoms with van der Waals surface area (Å²) in [4.78, 5) is 15.3. The molecule has 0 saturated carbocycles. The molecule has 0 bridgehead atoms. The summed E-state index contributed by atoms with van der Waals surface area (Å²) < 4.78 is 10.9. The maximum absolute atomic E-state index is 11.2. The second-order valence-corrected chi connectivity index (χ2v) is 4.99. The lowest BCUT2D eigenvalue weighted by molar-refractivity contribution is 0.0690. The van der Waals surface area contributed by atoms with Gasteiger partial charge < -0.3 is 14.6 Å². The third kappa shape index (κ3) is 3.30. The van der Waals surface area contributed by atoms with Gasteiger partial charge in [-0.3, -0.25) is 0 Å². The van der Waals surface area contributed by atoms with E-state index in [9.17, 15) is 4.79 Å². The zero-order chi connectivity index (χ0) is 16.2. The number of aromatic nitrogens is 1. The minimum atomic E-state index is -1.06. The fourth-order valence-electron chi connectivity index (χ4n) is 2.34. The molecule has 3 aromatic rings. The summed E-state index contributed by atoms with van der Waals surface area (Å²) in [6.45, 7) is 0.229. The third-order valence-corrected chi connectivity index (χ3v) is 3.36. The molecule has 1 aromatic heterocycles. The molecule has 0 aliphatic heterocycles. The van der Waals surface area contributed by atoms with E-state index >= 15 is 0 Å². The van der Waals surface area contributed by atoms with Crippen molar-refractivity contribution in [3.63, 3.8) is 0 Å². The minimum Gasteiger partial charge on any atom is -0.477 e. The molecule has 0 spiro atoms. The predicted molar refractivity (Wildman–Crippen MR) is 85.9 cm³/mol. The van der Waals surface area contributed by atoms with Crippen LogP contribution >= 0.6 is 0 Å². The Morgan fingerprint density at radius 1 is 1.09 bits per heavy atom. The highest BCUT2D eigenvalue weighted by atomic mass is 16.5. The standard InChI is InChI=1S/C18H15NO4/c1-22-11-17-15-10-14(23-13-5-3-2-4-6-13)8-7-12(15)9-16(19-17)18(20)21/h2-10H,11H2,1H3,(H,20,21). The fourth-order valence-corrected chi connectivity index (χ4v) is 2.34. The van der Waals surface area contributed by atoms with Crippen molar-refractivity contribution in [2.45, 2.75) is 6.61 Å². The molecule has 5 heteroatoms. The zero-order valence-corrected chi connectivity index (χ0v) is 12.5. The molecule has 0 unspecified atom stereocenters. The Balaban J connectivity index is 2.05. The van der Waals surface area contributed by atoms with E-state index in [0.717, 1.165) is 16.5 Å². The van der Waals surface area contributed by atoms with E-state index in [0.29, 0.717) is 11.4 Å². The molecule has 116 valence electrons. The molecule has 0 aliphatic carbocycles. The molecule has 23 heavy (non-hydrogen) atoms. The number of benzene rings is 2. The van der Waals surface area contributed by atoms with Crippen LogP contribution in [0.3, 0.4) is 0 Å². The number of ether oxygens (including phenoxy) is 2. The third-order valence-electron chi connectivity index (χ3n) is 3.36. The van der Waals surface area contributed by atoms with E-state index < -0.39 is 5.97 Å². The largest absolute Gasteiger partial charge is 0.477 e. The quantitative estimate of drug-likeness (QED) is 0.774. The average molecular weight is 309 g/mol. The van der Waals surface area contributed by atoms with Gasteiger partial charge in [-0.1, -0.05) is 24.3 Å². The number of hydrogen-bond donors (Lipinski definition) is 1. The Labute approximate surface area is 133 Å². The predicted octanol–water partition coefficient (Wildman–Crippen LogP) is 3.87. The Hall–Kier alpha value is -2.92. The van der Waals surface area contributed by atoms with Crippen LogP contribution in [-0.4, -0.2) is 23.2 Å². The van der Waals surface area contributed by atoms with E-state index in [2.05, 4.69) is 4.98 Å². The van der Waals surface area contributed by atoms with Gasteiger partial charge >= 0.3 is 5.97 Å². The average Bonchev–Trinajstić information content (AvgIpc) is 2.56. The van der Waals surface area contributed by atoms with Crippen LogP contribution in [0.25, 0.3) is 10.8 Å². The summed E-state index contributed by atoms with van der Waals surface area (Å²) in [5, 5.41) is 10.8. The molecule has 0 aliphatic rings. The number of carbonyl (C=O) groups is 1. The number of nitrogens with zero attached hydrogens (tertiary/aromatic N) is 1. The lowest BCUT2D eigenvalue weighted by Gasteiger charge is -2.10. The number of para-hydroxylation sites is 1. The Morgan fingerprint density at radius 2 is 1.87 bits per heavy atom. The monoisotopic (exact) mass is 309 g/mol. The fraction of sp³-hybridized carbons (Fsp3) is 0.111. The van der Waals surface area contributed by atoms with Gasteiger partial charge in [-0.2, -0.15) is 0 Å². The molecule has 0 atom stereocenters. The summed E-state index contributed by atoms with van der Waals surface area (Å²) >= 11 is 0. The van der Waals surface area contributed by atoms with Crippen molar-refractivity contribution < 1.29 is 19.4 Å². The molecule has 0 radical (unpaired) electrons. The zero-order valence-electron chi connectivity index (χ0n) is 12.5. The first-order valence-corrected chi connectivity index (χ1v) is 7.06. The smallest absolute Gasteiger partial charge is 0.354 e. The van der Waals surface area contributed by atoms with E-state index in [1.165, 1.54) is 0 Å². The number of methoxy groups -OCH3 is 1. The number of carboxylic acids is 1. The van der Waals surface area contributed by atoms with Gasteiger partial charge in [-0.15, -0.1) is 0 Å². The van der Waals surface area contributed by atoms with Crippen molar-refractivity contribution in [1.82, 2.24) is 4.98 Å². The van der Waals surface area contributed by atoms with Crippen LogP contribution in [0, 0.1) is 0 Å². The molecule has 0 fully saturated rings. The second-order valence-electron chi connectivity index (χ2n) is 4.99. The Kier molecular flexibility index (Phi) is 4.21. The Bertz CT molecular complexity index is 846. The maximum Gasteiger partial charge on any atom is 0.354 e. The number of carboxylic acid groups (broad SMARTS) is 1. The second kappa shape index (κ2) is 6.46. The van der Waals surface area contributed by atoms with E-state index in [-0.39, 0.29) is 12.3 Å². The molecule has 1 N–H and O–H groups in total. The van der Waals surface area contributed by atoms with Crippen molar-refractivity contribution in [2.75, 3.05) is 7.11 Å². The number of rotatable bonds is 5. The van der Waals surface area contributed by atoms with Gasteiger partial charge in [-0.05, 0) is 35.7 Å². The van der Waals surface area contributed by atoms with Gasteiger partial charge in [0, 0.05) is 12.5 Å².